The Kier molecular flexibility index (Phi) is 5.95. The molecule has 3 nitrogen and oxygen atoms in total. The molecule has 2 aliphatic carbocycles. The molecule has 0 saturated heterocycles. The van der Waals surface area contributed by atoms with E-state index in [0.29, 0.717) is 16.9 Å². The van der Waals surface area contributed by atoms with E-state index in [1.807, 2.05) is 30.5 Å². The van der Waals surface area contributed by atoms with Gasteiger partial charge in [0.15, 0.2) is 0 Å². The Morgan fingerprint density at radius 1 is 0.968 bits per heavy atom. The standard InChI is InChI=1S/C27H29ClN2O/c28-21-11-13-22(14-12-21)30-27(31)25(17-18-5-6-18)20-9-7-19(8-10-20)23-15-16-29-26-4-2-1-3-24(23)26/h1-4,11-16,18-20,25H,5-10,17H2,(H,30,31)/t19-,20+,25?. The molecule has 0 aliphatic heterocycles. The lowest BCUT2D eigenvalue weighted by atomic mass is 9.72. The molecule has 5 rings (SSSR count). The smallest absolute Gasteiger partial charge is 0.227 e. The number of carbonyl (C=O) groups is 1. The molecule has 2 saturated carbocycles. The highest BCUT2D eigenvalue weighted by atomic mass is 35.5. The van der Waals surface area contributed by atoms with Gasteiger partial charge in [0.2, 0.25) is 5.91 Å². The van der Waals surface area contributed by atoms with E-state index in [9.17, 15) is 4.79 Å². The molecule has 1 atom stereocenters. The molecule has 0 spiro atoms. The van der Waals surface area contributed by atoms with Crippen molar-refractivity contribution in [3.8, 4) is 0 Å². The second-order valence-electron chi connectivity index (χ2n) is 9.31. The lowest BCUT2D eigenvalue weighted by molar-refractivity contribution is -0.122. The number of amides is 1. The van der Waals surface area contributed by atoms with E-state index in [1.165, 1.54) is 23.8 Å². The van der Waals surface area contributed by atoms with Crippen LogP contribution in [0.15, 0.2) is 60.8 Å². The first kappa shape index (κ1) is 20.5. The van der Waals surface area contributed by atoms with Crippen molar-refractivity contribution in [2.45, 2.75) is 50.9 Å². The van der Waals surface area contributed by atoms with Crippen LogP contribution < -0.4 is 5.32 Å². The van der Waals surface area contributed by atoms with E-state index in [1.54, 1.807) is 0 Å². The molecule has 3 aromatic rings. The number of nitrogens with one attached hydrogen (secondary N) is 1. The van der Waals surface area contributed by atoms with Gasteiger partial charge >= 0.3 is 0 Å². The third-order valence-corrected chi connectivity index (χ3v) is 7.45. The van der Waals surface area contributed by atoms with Crippen LogP contribution >= 0.6 is 11.6 Å². The quantitative estimate of drug-likeness (QED) is 0.446. The number of hydrogen-bond donors (Lipinski definition) is 1. The monoisotopic (exact) mass is 432 g/mol. The lowest BCUT2D eigenvalue weighted by Crippen LogP contribution is -2.32. The molecule has 2 aromatic carbocycles. The van der Waals surface area contributed by atoms with Gasteiger partial charge in [0, 0.05) is 28.2 Å². The van der Waals surface area contributed by atoms with Crippen molar-refractivity contribution in [1.29, 1.82) is 0 Å². The number of benzene rings is 2. The second-order valence-corrected chi connectivity index (χ2v) is 9.75. The number of carbonyl (C=O) groups excluding carboxylic acids is 1. The fraction of sp³-hybridized carbons (Fsp3) is 0.407. The highest BCUT2D eigenvalue weighted by molar-refractivity contribution is 6.30. The van der Waals surface area contributed by atoms with Gasteiger partial charge in [-0.25, -0.2) is 0 Å². The molecule has 1 unspecified atom stereocenters. The minimum Gasteiger partial charge on any atom is -0.326 e. The van der Waals surface area contributed by atoms with Crippen LogP contribution in [0.2, 0.25) is 5.02 Å². The molecule has 0 radical (unpaired) electrons. The van der Waals surface area contributed by atoms with Crippen molar-refractivity contribution >= 4 is 34.1 Å². The summed E-state index contributed by atoms with van der Waals surface area (Å²) in [5.41, 5.74) is 3.34. The molecule has 1 heterocycles. The van der Waals surface area contributed by atoms with Gasteiger partial charge in [-0.2, -0.15) is 0 Å². The molecule has 2 fully saturated rings. The highest BCUT2D eigenvalue weighted by Crippen LogP contribution is 2.45. The fourth-order valence-electron chi connectivity index (χ4n) is 5.30. The topological polar surface area (TPSA) is 42.0 Å². The Hall–Kier alpha value is -2.39. The number of anilines is 1. The number of fused-ring (bicyclic) bond motifs is 1. The van der Waals surface area contributed by atoms with Crippen LogP contribution in [0.4, 0.5) is 5.69 Å². The van der Waals surface area contributed by atoms with Crippen molar-refractivity contribution in [2.24, 2.45) is 17.8 Å². The fourth-order valence-corrected chi connectivity index (χ4v) is 5.43. The Morgan fingerprint density at radius 3 is 2.45 bits per heavy atom. The summed E-state index contributed by atoms with van der Waals surface area (Å²) < 4.78 is 0. The first-order valence-electron chi connectivity index (χ1n) is 11.6. The summed E-state index contributed by atoms with van der Waals surface area (Å²) in [7, 11) is 0. The van der Waals surface area contributed by atoms with Crippen LogP contribution in [0.25, 0.3) is 10.9 Å². The molecular formula is C27H29ClN2O. The molecule has 1 amide bonds. The Labute approximate surface area is 189 Å². The summed E-state index contributed by atoms with van der Waals surface area (Å²) in [5, 5.41) is 5.13. The summed E-state index contributed by atoms with van der Waals surface area (Å²) in [4.78, 5) is 17.8. The first-order chi connectivity index (χ1) is 15.2. The van der Waals surface area contributed by atoms with E-state index < -0.39 is 0 Å². The molecule has 0 bridgehead atoms. The maximum atomic E-state index is 13.2. The van der Waals surface area contributed by atoms with Crippen molar-refractivity contribution in [2.75, 3.05) is 5.32 Å². The zero-order valence-electron chi connectivity index (χ0n) is 17.8. The summed E-state index contributed by atoms with van der Waals surface area (Å²) in [6.45, 7) is 0. The third kappa shape index (κ3) is 4.77. The van der Waals surface area contributed by atoms with E-state index in [4.69, 9.17) is 11.6 Å². The van der Waals surface area contributed by atoms with Crippen molar-refractivity contribution < 1.29 is 4.79 Å². The number of rotatable bonds is 6. The van der Waals surface area contributed by atoms with Gasteiger partial charge in [-0.3, -0.25) is 9.78 Å². The Balaban J connectivity index is 1.28. The van der Waals surface area contributed by atoms with Gasteiger partial charge in [-0.15, -0.1) is 0 Å². The SMILES string of the molecule is O=C(Nc1ccc(Cl)cc1)C(CC1CC1)[C@H]1CC[C@@H](c2ccnc3ccccc32)CC1. The van der Waals surface area contributed by atoms with E-state index in [0.717, 1.165) is 49.2 Å². The van der Waals surface area contributed by atoms with Crippen LogP contribution in [-0.4, -0.2) is 10.9 Å². The number of para-hydroxylation sites is 1. The Bertz CT molecular complexity index is 1050. The lowest BCUT2D eigenvalue weighted by Gasteiger charge is -2.34. The van der Waals surface area contributed by atoms with Gasteiger partial charge in [0.25, 0.3) is 0 Å². The minimum atomic E-state index is 0.110. The van der Waals surface area contributed by atoms with E-state index >= 15 is 0 Å². The zero-order chi connectivity index (χ0) is 21.2. The van der Waals surface area contributed by atoms with Gasteiger partial charge in [0.05, 0.1) is 5.52 Å². The number of pyridine rings is 1. The van der Waals surface area contributed by atoms with Gasteiger partial charge in [0.1, 0.15) is 0 Å². The molecule has 1 aromatic heterocycles. The van der Waals surface area contributed by atoms with Crippen molar-refractivity contribution in [3.05, 3.63) is 71.4 Å². The highest BCUT2D eigenvalue weighted by Gasteiger charge is 2.36. The molecule has 160 valence electrons. The summed E-state index contributed by atoms with van der Waals surface area (Å²) in [5.74, 6) is 2.07. The van der Waals surface area contributed by atoms with Crippen molar-refractivity contribution in [1.82, 2.24) is 4.98 Å². The second kappa shape index (κ2) is 9.00. The molecule has 2 aliphatic rings. The summed E-state index contributed by atoms with van der Waals surface area (Å²) in [6, 6.07) is 18.1. The predicted octanol–water partition coefficient (Wildman–Crippen LogP) is 7.22. The predicted molar refractivity (Wildman–Crippen MR) is 127 cm³/mol. The number of halogens is 1. The average Bonchev–Trinajstić information content (AvgIpc) is 3.63. The van der Waals surface area contributed by atoms with Crippen LogP contribution in [0.3, 0.4) is 0 Å². The zero-order valence-corrected chi connectivity index (χ0v) is 18.5. The number of hydrogen-bond acceptors (Lipinski definition) is 2. The summed E-state index contributed by atoms with van der Waals surface area (Å²) >= 11 is 5.99. The van der Waals surface area contributed by atoms with Crippen LogP contribution in [-0.2, 0) is 4.79 Å². The van der Waals surface area contributed by atoms with Crippen LogP contribution in [0.1, 0.15) is 56.4 Å². The summed E-state index contributed by atoms with van der Waals surface area (Å²) in [6.07, 6.45) is 10.1. The normalized spacial score (nSPS) is 22.2. The molecule has 31 heavy (non-hydrogen) atoms. The molecule has 4 heteroatoms. The van der Waals surface area contributed by atoms with E-state index in [-0.39, 0.29) is 11.8 Å². The third-order valence-electron chi connectivity index (χ3n) is 7.20. The Morgan fingerprint density at radius 2 is 1.71 bits per heavy atom. The largest absolute Gasteiger partial charge is 0.326 e. The maximum absolute atomic E-state index is 13.2. The minimum absolute atomic E-state index is 0.110. The van der Waals surface area contributed by atoms with E-state index in [2.05, 4.69) is 40.6 Å². The van der Waals surface area contributed by atoms with Gasteiger partial charge < -0.3 is 5.32 Å². The van der Waals surface area contributed by atoms with Crippen molar-refractivity contribution in [3.63, 3.8) is 0 Å². The average molecular weight is 433 g/mol. The van der Waals surface area contributed by atoms with Gasteiger partial charge in [-0.05, 0) is 91.8 Å². The molecular weight excluding hydrogens is 404 g/mol. The number of aromatic nitrogens is 1. The van der Waals surface area contributed by atoms with Crippen LogP contribution in [0, 0.1) is 17.8 Å². The first-order valence-corrected chi connectivity index (χ1v) is 12.0. The maximum Gasteiger partial charge on any atom is 0.227 e. The number of nitrogens with zero attached hydrogens (tertiary/aromatic N) is 1. The molecule has 1 N–H and O–H groups in total. The van der Waals surface area contributed by atoms with Gasteiger partial charge in [-0.1, -0.05) is 42.6 Å². The van der Waals surface area contributed by atoms with Crippen LogP contribution in [0.5, 0.6) is 0 Å².